The molecule has 18 heavy (non-hydrogen) atoms. The minimum Gasteiger partial charge on any atom is -0.481 e. The summed E-state index contributed by atoms with van der Waals surface area (Å²) in [5.41, 5.74) is 0. The van der Waals surface area contributed by atoms with Crippen molar-refractivity contribution in [2.24, 2.45) is 0 Å². The lowest BCUT2D eigenvalue weighted by atomic mass is 10.2. The number of carboxylic acids is 2. The molecule has 1 atom stereocenters. The first-order chi connectivity index (χ1) is 8.42. The standard InChI is InChI=1S/C10H16N2O6/c1-2-3-12(4-5-13)10(18)11-7(9(16)17)6-8(14)15/h2,7,13H,1,3-6H2,(H,11,18)(H,14,15)(H,16,17)/t7-/m0/s1. The number of aliphatic hydroxyl groups excluding tert-OH is 1. The zero-order chi connectivity index (χ0) is 14.1. The molecule has 2 amide bonds. The molecule has 0 aliphatic heterocycles. The molecule has 0 aromatic heterocycles. The summed E-state index contributed by atoms with van der Waals surface area (Å²) in [6.45, 7) is 3.23. The molecule has 4 N–H and O–H groups in total. The number of hydrogen-bond acceptors (Lipinski definition) is 4. The van der Waals surface area contributed by atoms with Gasteiger partial charge in [0, 0.05) is 13.1 Å². The number of nitrogens with zero attached hydrogens (tertiary/aromatic N) is 1. The fourth-order valence-corrected chi connectivity index (χ4v) is 1.17. The van der Waals surface area contributed by atoms with Gasteiger partial charge in [-0.3, -0.25) is 4.79 Å². The Kier molecular flexibility index (Phi) is 7.13. The van der Waals surface area contributed by atoms with Crippen LogP contribution in [0.15, 0.2) is 12.7 Å². The number of carboxylic acid groups (broad SMARTS) is 2. The van der Waals surface area contributed by atoms with E-state index in [1.165, 1.54) is 6.08 Å². The van der Waals surface area contributed by atoms with Crippen LogP contribution in [-0.4, -0.2) is 63.9 Å². The summed E-state index contributed by atoms with van der Waals surface area (Å²) in [5, 5.41) is 28.1. The summed E-state index contributed by atoms with van der Waals surface area (Å²) in [4.78, 5) is 33.9. The van der Waals surface area contributed by atoms with Gasteiger partial charge >= 0.3 is 18.0 Å². The van der Waals surface area contributed by atoms with Gasteiger partial charge in [-0.15, -0.1) is 6.58 Å². The van der Waals surface area contributed by atoms with Gasteiger partial charge < -0.3 is 25.5 Å². The van der Waals surface area contributed by atoms with Gasteiger partial charge in [0.1, 0.15) is 6.04 Å². The van der Waals surface area contributed by atoms with Crippen LogP contribution in [-0.2, 0) is 9.59 Å². The van der Waals surface area contributed by atoms with E-state index >= 15 is 0 Å². The molecule has 8 nitrogen and oxygen atoms in total. The molecule has 0 aliphatic carbocycles. The Bertz CT molecular complexity index is 330. The smallest absolute Gasteiger partial charge is 0.326 e. The maximum Gasteiger partial charge on any atom is 0.326 e. The third-order valence-electron chi connectivity index (χ3n) is 1.98. The van der Waals surface area contributed by atoms with Crippen molar-refractivity contribution in [1.82, 2.24) is 10.2 Å². The first-order valence-corrected chi connectivity index (χ1v) is 5.14. The maximum absolute atomic E-state index is 11.6. The largest absolute Gasteiger partial charge is 0.481 e. The summed E-state index contributed by atoms with van der Waals surface area (Å²) in [6.07, 6.45) is 0.685. The molecule has 0 radical (unpaired) electrons. The number of carbonyl (C=O) groups excluding carboxylic acids is 1. The Balaban J connectivity index is 4.58. The number of hydrogen-bond donors (Lipinski definition) is 4. The highest BCUT2D eigenvalue weighted by atomic mass is 16.4. The van der Waals surface area contributed by atoms with Gasteiger partial charge in [-0.05, 0) is 0 Å². The molecule has 8 heteroatoms. The lowest BCUT2D eigenvalue weighted by molar-refractivity contribution is -0.145. The molecule has 102 valence electrons. The highest BCUT2D eigenvalue weighted by Crippen LogP contribution is 1.97. The van der Waals surface area contributed by atoms with Crippen LogP contribution in [0.25, 0.3) is 0 Å². The van der Waals surface area contributed by atoms with Gasteiger partial charge in [0.2, 0.25) is 0 Å². The maximum atomic E-state index is 11.6. The molecular weight excluding hydrogens is 244 g/mol. The Hall–Kier alpha value is -2.09. The first-order valence-electron chi connectivity index (χ1n) is 5.14. The second kappa shape index (κ2) is 8.07. The summed E-state index contributed by atoms with van der Waals surface area (Å²) in [5.74, 6) is -2.77. The molecule has 0 unspecified atom stereocenters. The topological polar surface area (TPSA) is 127 Å². The van der Waals surface area contributed by atoms with Crippen molar-refractivity contribution in [3.63, 3.8) is 0 Å². The molecule has 0 saturated heterocycles. The zero-order valence-electron chi connectivity index (χ0n) is 9.70. The van der Waals surface area contributed by atoms with E-state index in [4.69, 9.17) is 15.3 Å². The average Bonchev–Trinajstić information content (AvgIpc) is 2.27. The molecule has 0 aromatic rings. The van der Waals surface area contributed by atoms with Gasteiger partial charge in [-0.2, -0.15) is 0 Å². The van der Waals surface area contributed by atoms with Crippen LogP contribution in [0, 0.1) is 0 Å². The molecule has 0 fully saturated rings. The van der Waals surface area contributed by atoms with E-state index in [1.54, 1.807) is 0 Å². The SMILES string of the molecule is C=CCN(CCO)C(=O)N[C@@H](CC(=O)O)C(=O)O. The van der Waals surface area contributed by atoms with Crippen molar-refractivity contribution < 1.29 is 29.7 Å². The highest BCUT2D eigenvalue weighted by Gasteiger charge is 2.24. The Morgan fingerprint density at radius 3 is 2.33 bits per heavy atom. The fourth-order valence-electron chi connectivity index (χ4n) is 1.17. The number of aliphatic carboxylic acids is 2. The predicted octanol–water partition coefficient (Wildman–Crippen LogP) is -0.896. The second-order valence-corrected chi connectivity index (χ2v) is 3.40. The molecule has 0 bridgehead atoms. The van der Waals surface area contributed by atoms with E-state index < -0.39 is 30.4 Å². The monoisotopic (exact) mass is 260 g/mol. The second-order valence-electron chi connectivity index (χ2n) is 3.40. The van der Waals surface area contributed by atoms with Crippen LogP contribution in [0.2, 0.25) is 0 Å². The Morgan fingerprint density at radius 2 is 1.94 bits per heavy atom. The fraction of sp³-hybridized carbons (Fsp3) is 0.500. The van der Waals surface area contributed by atoms with E-state index in [0.29, 0.717) is 0 Å². The van der Waals surface area contributed by atoms with E-state index in [2.05, 4.69) is 11.9 Å². The van der Waals surface area contributed by atoms with Crippen LogP contribution >= 0.6 is 0 Å². The highest BCUT2D eigenvalue weighted by molar-refractivity contribution is 5.86. The van der Waals surface area contributed by atoms with Crippen molar-refractivity contribution in [3.05, 3.63) is 12.7 Å². The van der Waals surface area contributed by atoms with Gasteiger partial charge in [0.25, 0.3) is 0 Å². The molecular formula is C10H16N2O6. The summed E-state index contributed by atoms with van der Waals surface area (Å²) in [6, 6.07) is -2.28. The average molecular weight is 260 g/mol. The molecule has 0 spiro atoms. The summed E-state index contributed by atoms with van der Waals surface area (Å²) < 4.78 is 0. The third-order valence-corrected chi connectivity index (χ3v) is 1.98. The van der Waals surface area contributed by atoms with Crippen LogP contribution in [0.3, 0.4) is 0 Å². The van der Waals surface area contributed by atoms with E-state index in [0.717, 1.165) is 4.90 Å². The number of aliphatic hydroxyl groups is 1. The summed E-state index contributed by atoms with van der Waals surface area (Å²) >= 11 is 0. The third kappa shape index (κ3) is 5.85. The normalized spacial score (nSPS) is 11.4. The molecule has 0 aliphatic rings. The lowest BCUT2D eigenvalue weighted by Crippen LogP contribution is -2.49. The number of amides is 2. The minimum absolute atomic E-state index is 0.00271. The number of carbonyl (C=O) groups is 3. The van der Waals surface area contributed by atoms with Crippen LogP contribution < -0.4 is 5.32 Å². The molecule has 0 heterocycles. The van der Waals surface area contributed by atoms with Crippen LogP contribution in [0.1, 0.15) is 6.42 Å². The van der Waals surface area contributed by atoms with Crippen molar-refractivity contribution >= 4 is 18.0 Å². The van der Waals surface area contributed by atoms with Crippen molar-refractivity contribution in [1.29, 1.82) is 0 Å². The lowest BCUT2D eigenvalue weighted by Gasteiger charge is -2.22. The quantitative estimate of drug-likeness (QED) is 0.419. The van der Waals surface area contributed by atoms with E-state index in [-0.39, 0.29) is 19.7 Å². The summed E-state index contributed by atoms with van der Waals surface area (Å²) in [7, 11) is 0. The Labute approximate surface area is 104 Å². The Morgan fingerprint density at radius 1 is 1.33 bits per heavy atom. The first kappa shape index (κ1) is 15.9. The number of urea groups is 1. The van der Waals surface area contributed by atoms with Crippen molar-refractivity contribution in [2.45, 2.75) is 12.5 Å². The molecule has 0 rings (SSSR count). The van der Waals surface area contributed by atoms with Crippen LogP contribution in [0.5, 0.6) is 0 Å². The number of rotatable bonds is 8. The number of nitrogens with one attached hydrogen (secondary N) is 1. The van der Waals surface area contributed by atoms with Crippen molar-refractivity contribution in [2.75, 3.05) is 19.7 Å². The van der Waals surface area contributed by atoms with Gasteiger partial charge in [0.15, 0.2) is 0 Å². The van der Waals surface area contributed by atoms with Crippen LogP contribution in [0.4, 0.5) is 4.79 Å². The minimum atomic E-state index is -1.51. The van der Waals surface area contributed by atoms with Gasteiger partial charge in [0.05, 0.1) is 13.0 Å². The van der Waals surface area contributed by atoms with Crippen molar-refractivity contribution in [3.8, 4) is 0 Å². The van der Waals surface area contributed by atoms with Gasteiger partial charge in [-0.1, -0.05) is 6.08 Å². The van der Waals surface area contributed by atoms with E-state index in [9.17, 15) is 14.4 Å². The molecule has 0 saturated carbocycles. The zero-order valence-corrected chi connectivity index (χ0v) is 9.70. The van der Waals surface area contributed by atoms with Gasteiger partial charge in [-0.25, -0.2) is 9.59 Å². The predicted molar refractivity (Wildman–Crippen MR) is 61.1 cm³/mol. The van der Waals surface area contributed by atoms with E-state index in [1.807, 2.05) is 0 Å². The molecule has 0 aromatic carbocycles.